The quantitative estimate of drug-likeness (QED) is 0.200. The van der Waals surface area contributed by atoms with Crippen LogP contribution in [0.4, 0.5) is 0 Å². The lowest BCUT2D eigenvalue weighted by Crippen LogP contribution is -1.96. The van der Waals surface area contributed by atoms with Gasteiger partial charge in [0.1, 0.15) is 0 Å². The van der Waals surface area contributed by atoms with Crippen LogP contribution in [-0.2, 0) is 0 Å². The van der Waals surface area contributed by atoms with Crippen molar-refractivity contribution in [2.45, 2.75) is 0 Å². The number of aromatic amines is 1. The summed E-state index contributed by atoms with van der Waals surface area (Å²) in [5.41, 5.74) is 11.9. The van der Waals surface area contributed by atoms with Crippen molar-refractivity contribution in [3.05, 3.63) is 182 Å². The highest BCUT2D eigenvalue weighted by molar-refractivity contribution is 5.96. The Morgan fingerprint density at radius 3 is 1.51 bits per heavy atom. The van der Waals surface area contributed by atoms with Crippen molar-refractivity contribution in [3.63, 3.8) is 0 Å². The van der Waals surface area contributed by atoms with Gasteiger partial charge < -0.3 is 4.98 Å². The fourth-order valence-corrected chi connectivity index (χ4v) is 6.64. The molecule has 0 aliphatic rings. The summed E-state index contributed by atoms with van der Waals surface area (Å²) in [4.78, 5) is 13.7. The van der Waals surface area contributed by atoms with Gasteiger partial charge in [0, 0.05) is 28.3 Å². The predicted molar refractivity (Wildman–Crippen MR) is 204 cm³/mol. The molecular weight excluding hydrogens is 595 g/mol. The fraction of sp³-hybridized carbons (Fsp3) is 0. The maximum absolute atomic E-state index is 5.12. The van der Waals surface area contributed by atoms with E-state index in [2.05, 4.69) is 181 Å². The van der Waals surface area contributed by atoms with Gasteiger partial charge >= 0.3 is 0 Å². The van der Waals surface area contributed by atoms with Gasteiger partial charge in [-0.25, -0.2) is 9.97 Å². The molecule has 3 heteroatoms. The minimum absolute atomic E-state index is 0.705. The van der Waals surface area contributed by atoms with Crippen molar-refractivity contribution in [2.75, 3.05) is 0 Å². The molecule has 49 heavy (non-hydrogen) atoms. The highest BCUT2D eigenvalue weighted by Crippen LogP contribution is 2.33. The summed E-state index contributed by atoms with van der Waals surface area (Å²) >= 11 is 0. The molecule has 2 aromatic heterocycles. The highest BCUT2D eigenvalue weighted by Gasteiger charge is 2.13. The molecule has 0 aliphatic heterocycles. The molecule has 0 atom stereocenters. The van der Waals surface area contributed by atoms with Crippen molar-refractivity contribution in [2.24, 2.45) is 0 Å². The summed E-state index contributed by atoms with van der Waals surface area (Å²) in [6, 6.07) is 62.0. The van der Waals surface area contributed by atoms with Gasteiger partial charge in [-0.1, -0.05) is 164 Å². The molecule has 3 nitrogen and oxygen atoms in total. The fourth-order valence-electron chi connectivity index (χ4n) is 6.64. The number of hydrogen-bond acceptors (Lipinski definition) is 2. The van der Waals surface area contributed by atoms with E-state index in [-0.39, 0.29) is 0 Å². The third kappa shape index (κ3) is 5.58. The molecule has 0 saturated heterocycles. The van der Waals surface area contributed by atoms with Crippen LogP contribution < -0.4 is 0 Å². The number of rotatable bonds is 6. The summed E-state index contributed by atoms with van der Waals surface area (Å²) in [6.07, 6.45) is 2.07. The Morgan fingerprint density at radius 2 is 0.816 bits per heavy atom. The third-order valence-electron chi connectivity index (χ3n) is 9.31. The van der Waals surface area contributed by atoms with Crippen LogP contribution in [0.2, 0.25) is 0 Å². The topological polar surface area (TPSA) is 41.6 Å². The average molecular weight is 626 g/mol. The molecule has 0 bridgehead atoms. The predicted octanol–water partition coefficient (Wildman–Crippen LogP) is 12.1. The van der Waals surface area contributed by atoms with E-state index < -0.39 is 0 Å². The number of fused-ring (bicyclic) bond motifs is 2. The maximum atomic E-state index is 5.12. The lowest BCUT2D eigenvalue weighted by molar-refractivity contribution is 1.18. The summed E-state index contributed by atoms with van der Waals surface area (Å²) in [5.74, 6) is 0.705. The molecule has 1 N–H and O–H groups in total. The van der Waals surface area contributed by atoms with Crippen LogP contribution in [0.5, 0.6) is 0 Å². The summed E-state index contributed by atoms with van der Waals surface area (Å²) < 4.78 is 0. The normalized spacial score (nSPS) is 11.3. The van der Waals surface area contributed by atoms with Gasteiger partial charge in [0.2, 0.25) is 0 Å². The number of benzene rings is 7. The second-order valence-electron chi connectivity index (χ2n) is 12.4. The van der Waals surface area contributed by atoms with Gasteiger partial charge in [0.15, 0.2) is 5.82 Å². The lowest BCUT2D eigenvalue weighted by Gasteiger charge is -2.11. The van der Waals surface area contributed by atoms with Crippen LogP contribution in [0, 0.1) is 0 Å². The van der Waals surface area contributed by atoms with Crippen LogP contribution in [0.1, 0.15) is 0 Å². The van der Waals surface area contributed by atoms with Gasteiger partial charge in [0.05, 0.1) is 17.1 Å². The van der Waals surface area contributed by atoms with E-state index in [1.54, 1.807) is 0 Å². The number of H-pyrrole nitrogens is 1. The zero-order chi connectivity index (χ0) is 32.6. The first-order valence-electron chi connectivity index (χ1n) is 16.6. The van der Waals surface area contributed by atoms with Crippen LogP contribution in [0.25, 0.3) is 89.0 Å². The number of nitrogens with one attached hydrogen (secondary N) is 1. The summed E-state index contributed by atoms with van der Waals surface area (Å²) in [5, 5.41) is 4.85. The van der Waals surface area contributed by atoms with E-state index in [0.29, 0.717) is 5.82 Å². The number of hydrogen-bond donors (Lipinski definition) is 1. The van der Waals surface area contributed by atoms with Crippen molar-refractivity contribution in [1.82, 2.24) is 15.0 Å². The standard InChI is InChI=1S/C46H31N3/c1-2-8-31(9-3-1)33-18-25-38(26-19-33)46-48-43(29-44(49-46)40-27-20-32-10-4-5-11-39(32)28-40)36-21-14-34(15-22-36)35-16-23-37(24-17-35)45-42-13-7-6-12-41(42)30-47-45/h1-30,47H. The van der Waals surface area contributed by atoms with Gasteiger partial charge in [-0.3, -0.25) is 0 Å². The van der Waals surface area contributed by atoms with Crippen LogP contribution in [-0.4, -0.2) is 15.0 Å². The van der Waals surface area contributed by atoms with Crippen molar-refractivity contribution >= 4 is 21.5 Å². The second-order valence-corrected chi connectivity index (χ2v) is 12.4. The minimum atomic E-state index is 0.705. The molecule has 0 saturated carbocycles. The van der Waals surface area contributed by atoms with Crippen LogP contribution >= 0.6 is 0 Å². The van der Waals surface area contributed by atoms with Gasteiger partial charge in [-0.15, -0.1) is 0 Å². The van der Waals surface area contributed by atoms with Crippen molar-refractivity contribution in [1.29, 1.82) is 0 Å². The van der Waals surface area contributed by atoms with E-state index in [1.807, 2.05) is 6.07 Å². The Kier molecular flexibility index (Phi) is 7.14. The second kappa shape index (κ2) is 12.2. The minimum Gasteiger partial charge on any atom is -0.360 e. The van der Waals surface area contributed by atoms with E-state index in [9.17, 15) is 0 Å². The van der Waals surface area contributed by atoms with Gasteiger partial charge in [0.25, 0.3) is 0 Å². The Balaban J connectivity index is 1.07. The van der Waals surface area contributed by atoms with Crippen molar-refractivity contribution in [3.8, 4) is 67.4 Å². The SMILES string of the molecule is c1ccc(-c2ccc(-c3nc(-c4ccc(-c5ccc(-c6[nH]cc7ccccc67)cc5)cc4)cc(-c4ccc5ccccc5c4)n3)cc2)cc1. The largest absolute Gasteiger partial charge is 0.360 e. The molecule has 9 rings (SSSR count). The molecule has 7 aromatic carbocycles. The lowest BCUT2D eigenvalue weighted by atomic mass is 9.99. The molecule has 0 amide bonds. The molecule has 0 spiro atoms. The number of aromatic nitrogens is 3. The first-order chi connectivity index (χ1) is 24.2. The molecule has 0 unspecified atom stereocenters. The van der Waals surface area contributed by atoms with Crippen LogP contribution in [0.3, 0.4) is 0 Å². The molecule has 0 aliphatic carbocycles. The van der Waals surface area contributed by atoms with Gasteiger partial charge in [-0.05, 0) is 56.1 Å². The molecule has 2 heterocycles. The van der Waals surface area contributed by atoms with E-state index in [0.717, 1.165) is 39.3 Å². The first kappa shape index (κ1) is 28.6. The zero-order valence-electron chi connectivity index (χ0n) is 26.7. The Labute approximate surface area is 285 Å². The third-order valence-corrected chi connectivity index (χ3v) is 9.31. The average Bonchev–Trinajstić information content (AvgIpc) is 3.62. The zero-order valence-corrected chi connectivity index (χ0v) is 26.7. The Bertz CT molecular complexity index is 2560. The molecule has 0 radical (unpaired) electrons. The van der Waals surface area contributed by atoms with E-state index in [4.69, 9.17) is 9.97 Å². The molecule has 0 fully saturated rings. The monoisotopic (exact) mass is 625 g/mol. The Morgan fingerprint density at radius 1 is 0.327 bits per heavy atom. The summed E-state index contributed by atoms with van der Waals surface area (Å²) in [6.45, 7) is 0. The first-order valence-corrected chi connectivity index (χ1v) is 16.6. The molecule has 230 valence electrons. The highest BCUT2D eigenvalue weighted by atomic mass is 14.9. The maximum Gasteiger partial charge on any atom is 0.160 e. The molecular formula is C46H31N3. The van der Waals surface area contributed by atoms with Gasteiger partial charge in [-0.2, -0.15) is 0 Å². The smallest absolute Gasteiger partial charge is 0.160 e. The molecule has 9 aromatic rings. The number of nitrogens with zero attached hydrogens (tertiary/aromatic N) is 2. The van der Waals surface area contributed by atoms with E-state index >= 15 is 0 Å². The summed E-state index contributed by atoms with van der Waals surface area (Å²) in [7, 11) is 0. The Hall–Kier alpha value is -6.58. The van der Waals surface area contributed by atoms with E-state index in [1.165, 1.54) is 43.8 Å². The van der Waals surface area contributed by atoms with Crippen molar-refractivity contribution < 1.29 is 0 Å². The van der Waals surface area contributed by atoms with Crippen LogP contribution in [0.15, 0.2) is 182 Å².